The Morgan fingerprint density at radius 2 is 2.04 bits per heavy atom. The summed E-state index contributed by atoms with van der Waals surface area (Å²) in [7, 11) is 1.64. The number of rotatable bonds is 8. The zero-order valence-corrected chi connectivity index (χ0v) is 14.9. The lowest BCUT2D eigenvalue weighted by Crippen LogP contribution is -2.55. The third kappa shape index (κ3) is 4.35. The molecule has 1 saturated heterocycles. The van der Waals surface area contributed by atoms with Crippen molar-refractivity contribution >= 4 is 11.8 Å². The van der Waals surface area contributed by atoms with Crippen LogP contribution in [0.1, 0.15) is 37.3 Å². The zero-order valence-electron chi connectivity index (χ0n) is 14.9. The molecule has 5 nitrogen and oxygen atoms in total. The van der Waals surface area contributed by atoms with E-state index in [1.54, 1.807) is 12.0 Å². The molecule has 2 amide bonds. The van der Waals surface area contributed by atoms with E-state index in [1.165, 1.54) is 11.1 Å². The topological polar surface area (TPSA) is 58.6 Å². The van der Waals surface area contributed by atoms with Crippen LogP contribution in [0.4, 0.5) is 0 Å². The summed E-state index contributed by atoms with van der Waals surface area (Å²) in [6.07, 6.45) is 2.56. The third-order valence-corrected chi connectivity index (χ3v) is 4.77. The van der Waals surface area contributed by atoms with E-state index < -0.39 is 5.54 Å². The molecular formula is C19H28N2O3. The molecule has 0 spiro atoms. The fourth-order valence-electron chi connectivity index (χ4n) is 3.11. The molecule has 0 radical (unpaired) electrons. The van der Waals surface area contributed by atoms with E-state index >= 15 is 0 Å². The molecule has 0 aliphatic carbocycles. The van der Waals surface area contributed by atoms with E-state index in [0.29, 0.717) is 32.5 Å². The summed E-state index contributed by atoms with van der Waals surface area (Å²) in [4.78, 5) is 26.6. The minimum atomic E-state index is -0.741. The summed E-state index contributed by atoms with van der Waals surface area (Å²) in [5, 5.41) is 2.94. The van der Waals surface area contributed by atoms with Crippen molar-refractivity contribution in [1.82, 2.24) is 10.2 Å². The normalized spacial score (nSPS) is 20.5. The van der Waals surface area contributed by atoms with Crippen LogP contribution in [0.5, 0.6) is 0 Å². The lowest BCUT2D eigenvalue weighted by molar-refractivity contribution is -0.140. The van der Waals surface area contributed by atoms with Crippen molar-refractivity contribution in [2.75, 3.05) is 26.8 Å². The second-order valence-electron chi connectivity index (χ2n) is 6.66. The number of hydrogen-bond acceptors (Lipinski definition) is 3. The Balaban J connectivity index is 1.96. The average Bonchev–Trinajstić information content (AvgIpc) is 2.87. The number of ether oxygens (including phenoxy) is 1. The standard InChI is InChI=1S/C19H28N2O3/c1-15-5-7-16(8-6-15)10-13-21-17(22)9-11-19(21,2)18(23)20-12-4-14-24-3/h5-8H,4,9-14H2,1-3H3,(H,20,23)/t19-/m1/s1. The molecule has 24 heavy (non-hydrogen) atoms. The first kappa shape index (κ1) is 18.5. The molecule has 1 atom stereocenters. The van der Waals surface area contributed by atoms with Crippen LogP contribution in [-0.4, -0.2) is 49.1 Å². The Morgan fingerprint density at radius 3 is 2.71 bits per heavy atom. The molecule has 1 N–H and O–H groups in total. The molecule has 132 valence electrons. The predicted molar refractivity (Wildman–Crippen MR) is 93.7 cm³/mol. The maximum Gasteiger partial charge on any atom is 0.245 e. The lowest BCUT2D eigenvalue weighted by atomic mass is 9.97. The SMILES string of the molecule is COCCCNC(=O)[C@@]1(C)CCC(=O)N1CCc1ccc(C)cc1. The highest BCUT2D eigenvalue weighted by Gasteiger charge is 2.46. The first-order chi connectivity index (χ1) is 11.5. The second-order valence-corrected chi connectivity index (χ2v) is 6.66. The molecule has 0 unspecified atom stereocenters. The number of nitrogens with one attached hydrogen (secondary N) is 1. The number of aryl methyl sites for hydroxylation is 1. The van der Waals surface area contributed by atoms with Gasteiger partial charge in [-0.2, -0.15) is 0 Å². The van der Waals surface area contributed by atoms with Crippen molar-refractivity contribution in [1.29, 1.82) is 0 Å². The molecule has 1 aliphatic heterocycles. The quantitative estimate of drug-likeness (QED) is 0.742. The van der Waals surface area contributed by atoms with E-state index in [4.69, 9.17) is 4.74 Å². The van der Waals surface area contributed by atoms with Gasteiger partial charge in [-0.05, 0) is 38.7 Å². The van der Waals surface area contributed by atoms with Gasteiger partial charge in [0.25, 0.3) is 0 Å². The Morgan fingerprint density at radius 1 is 1.33 bits per heavy atom. The summed E-state index contributed by atoms with van der Waals surface area (Å²) < 4.78 is 4.99. The minimum Gasteiger partial charge on any atom is -0.385 e. The number of amides is 2. The van der Waals surface area contributed by atoms with Crippen LogP contribution in [0.15, 0.2) is 24.3 Å². The maximum atomic E-state index is 12.6. The van der Waals surface area contributed by atoms with Gasteiger partial charge in [0.1, 0.15) is 5.54 Å². The Labute approximate surface area is 144 Å². The summed E-state index contributed by atoms with van der Waals surface area (Å²) in [6, 6.07) is 8.31. The summed E-state index contributed by atoms with van der Waals surface area (Å²) in [6.45, 7) is 5.69. The number of methoxy groups -OCH3 is 1. The van der Waals surface area contributed by atoms with Crippen molar-refractivity contribution in [2.24, 2.45) is 0 Å². The molecule has 5 heteroatoms. The van der Waals surface area contributed by atoms with E-state index in [1.807, 2.05) is 6.92 Å². The van der Waals surface area contributed by atoms with Gasteiger partial charge < -0.3 is 15.0 Å². The molecule has 2 rings (SSSR count). The van der Waals surface area contributed by atoms with Crippen LogP contribution in [0, 0.1) is 6.92 Å². The molecular weight excluding hydrogens is 304 g/mol. The Bertz CT molecular complexity index is 570. The van der Waals surface area contributed by atoms with E-state index in [0.717, 1.165) is 12.8 Å². The Kier molecular flexibility index (Phi) is 6.37. The number of carbonyl (C=O) groups excluding carboxylic acids is 2. The van der Waals surface area contributed by atoms with Crippen LogP contribution in [0.3, 0.4) is 0 Å². The van der Waals surface area contributed by atoms with Gasteiger partial charge in [0.05, 0.1) is 0 Å². The summed E-state index contributed by atoms with van der Waals surface area (Å²) in [5.41, 5.74) is 1.66. The largest absolute Gasteiger partial charge is 0.385 e. The fraction of sp³-hybridized carbons (Fsp3) is 0.579. The first-order valence-corrected chi connectivity index (χ1v) is 8.60. The van der Waals surface area contributed by atoms with Crippen molar-refractivity contribution in [3.05, 3.63) is 35.4 Å². The highest BCUT2D eigenvalue weighted by atomic mass is 16.5. The van der Waals surface area contributed by atoms with Gasteiger partial charge in [-0.25, -0.2) is 0 Å². The molecule has 1 heterocycles. The number of carbonyl (C=O) groups is 2. The van der Waals surface area contributed by atoms with Crippen molar-refractivity contribution in [3.8, 4) is 0 Å². The predicted octanol–water partition coefficient (Wildman–Crippen LogP) is 2.07. The minimum absolute atomic E-state index is 0.0617. The maximum absolute atomic E-state index is 12.6. The van der Waals surface area contributed by atoms with Gasteiger partial charge in [0.15, 0.2) is 0 Å². The summed E-state index contributed by atoms with van der Waals surface area (Å²) in [5.74, 6) is 0.00464. The van der Waals surface area contributed by atoms with Gasteiger partial charge in [-0.15, -0.1) is 0 Å². The van der Waals surface area contributed by atoms with Crippen molar-refractivity contribution in [2.45, 2.75) is 45.1 Å². The lowest BCUT2D eigenvalue weighted by Gasteiger charge is -2.34. The second kappa shape index (κ2) is 8.29. The van der Waals surface area contributed by atoms with Crippen LogP contribution < -0.4 is 5.32 Å². The third-order valence-electron chi connectivity index (χ3n) is 4.77. The van der Waals surface area contributed by atoms with Crippen molar-refractivity contribution < 1.29 is 14.3 Å². The zero-order chi connectivity index (χ0) is 17.6. The summed E-state index contributed by atoms with van der Waals surface area (Å²) >= 11 is 0. The van der Waals surface area contributed by atoms with Gasteiger partial charge in [0.2, 0.25) is 11.8 Å². The van der Waals surface area contributed by atoms with Gasteiger partial charge >= 0.3 is 0 Å². The van der Waals surface area contributed by atoms with Crippen LogP contribution >= 0.6 is 0 Å². The Hall–Kier alpha value is -1.88. The number of likely N-dealkylation sites (tertiary alicyclic amines) is 1. The molecule has 0 saturated carbocycles. The van der Waals surface area contributed by atoms with Crippen LogP contribution in [0.2, 0.25) is 0 Å². The van der Waals surface area contributed by atoms with Crippen LogP contribution in [-0.2, 0) is 20.7 Å². The first-order valence-electron chi connectivity index (χ1n) is 8.60. The highest BCUT2D eigenvalue weighted by molar-refractivity contribution is 5.94. The number of benzene rings is 1. The van der Waals surface area contributed by atoms with Gasteiger partial charge in [-0.1, -0.05) is 29.8 Å². The molecule has 1 aromatic rings. The molecule has 0 aromatic heterocycles. The van der Waals surface area contributed by atoms with E-state index in [9.17, 15) is 9.59 Å². The van der Waals surface area contributed by atoms with E-state index in [2.05, 4.69) is 36.5 Å². The van der Waals surface area contributed by atoms with Crippen molar-refractivity contribution in [3.63, 3.8) is 0 Å². The smallest absolute Gasteiger partial charge is 0.245 e. The van der Waals surface area contributed by atoms with Gasteiger partial charge in [0, 0.05) is 33.2 Å². The molecule has 0 bridgehead atoms. The van der Waals surface area contributed by atoms with E-state index in [-0.39, 0.29) is 11.8 Å². The molecule has 1 aromatic carbocycles. The van der Waals surface area contributed by atoms with Crippen LogP contribution in [0.25, 0.3) is 0 Å². The van der Waals surface area contributed by atoms with Gasteiger partial charge in [-0.3, -0.25) is 9.59 Å². The number of nitrogens with zero attached hydrogens (tertiary/aromatic N) is 1. The number of hydrogen-bond donors (Lipinski definition) is 1. The molecule has 1 fully saturated rings. The highest BCUT2D eigenvalue weighted by Crippen LogP contribution is 2.30. The fourth-order valence-corrected chi connectivity index (χ4v) is 3.11. The monoisotopic (exact) mass is 332 g/mol. The molecule has 1 aliphatic rings. The average molecular weight is 332 g/mol.